The van der Waals surface area contributed by atoms with Crippen LogP contribution in [0.1, 0.15) is 52.9 Å². The van der Waals surface area contributed by atoms with E-state index in [0.717, 1.165) is 19.3 Å². The summed E-state index contributed by atoms with van der Waals surface area (Å²) < 4.78 is 0. The van der Waals surface area contributed by atoms with Gasteiger partial charge in [-0.25, -0.2) is 0 Å². The summed E-state index contributed by atoms with van der Waals surface area (Å²) in [7, 11) is 0. The molecular formula is C11H22O2. The molecule has 0 fully saturated rings. The van der Waals surface area contributed by atoms with Gasteiger partial charge in [-0.15, -0.1) is 0 Å². The zero-order valence-electron chi connectivity index (χ0n) is 9.05. The zero-order chi connectivity index (χ0) is 10.3. The van der Waals surface area contributed by atoms with Crippen LogP contribution in [-0.4, -0.2) is 17.0 Å². The third-order valence-corrected chi connectivity index (χ3v) is 2.58. The molecule has 2 nitrogen and oxygen atoms in total. The number of rotatable bonds is 7. The van der Waals surface area contributed by atoms with Crippen molar-refractivity contribution in [1.82, 2.24) is 0 Å². The van der Waals surface area contributed by atoms with Crippen LogP contribution in [0.2, 0.25) is 0 Å². The lowest BCUT2D eigenvalue weighted by molar-refractivity contribution is -0.128. The molecule has 0 saturated carbocycles. The van der Waals surface area contributed by atoms with E-state index in [0.29, 0.717) is 18.8 Å². The van der Waals surface area contributed by atoms with Crippen LogP contribution in [0, 0.1) is 5.92 Å². The normalized spacial score (nSPS) is 13.3. The molecular weight excluding hydrogens is 164 g/mol. The number of carbonyl (C=O) groups is 1. The zero-order valence-corrected chi connectivity index (χ0v) is 9.05. The highest BCUT2D eigenvalue weighted by molar-refractivity contribution is 5.82. The van der Waals surface area contributed by atoms with Crippen LogP contribution in [0.5, 0.6) is 0 Å². The molecule has 0 heterocycles. The standard InChI is InChI=1S/C11H22O2/c1-4-7-10(12)11(13)8-9(5-2)6-3/h9-10,12H,4-8H2,1-3H3. The van der Waals surface area contributed by atoms with Gasteiger partial charge in [0.2, 0.25) is 0 Å². The van der Waals surface area contributed by atoms with Crippen molar-refractivity contribution >= 4 is 5.78 Å². The van der Waals surface area contributed by atoms with Crippen LogP contribution in [0.15, 0.2) is 0 Å². The van der Waals surface area contributed by atoms with Gasteiger partial charge in [-0.05, 0) is 12.3 Å². The molecule has 1 atom stereocenters. The minimum absolute atomic E-state index is 0.0237. The van der Waals surface area contributed by atoms with Gasteiger partial charge in [0.25, 0.3) is 0 Å². The summed E-state index contributed by atoms with van der Waals surface area (Å²) in [6.45, 7) is 6.16. The maximum Gasteiger partial charge on any atom is 0.161 e. The lowest BCUT2D eigenvalue weighted by Gasteiger charge is -2.13. The van der Waals surface area contributed by atoms with E-state index >= 15 is 0 Å². The van der Waals surface area contributed by atoms with Crippen LogP contribution in [0.25, 0.3) is 0 Å². The molecule has 0 aromatic rings. The maximum absolute atomic E-state index is 11.4. The van der Waals surface area contributed by atoms with Crippen LogP contribution < -0.4 is 0 Å². The predicted octanol–water partition coefficient (Wildman–Crippen LogP) is 2.54. The number of ketones is 1. The Morgan fingerprint density at radius 3 is 2.15 bits per heavy atom. The average Bonchev–Trinajstić information content (AvgIpc) is 2.14. The Labute approximate surface area is 81.3 Å². The van der Waals surface area contributed by atoms with Gasteiger partial charge >= 0.3 is 0 Å². The van der Waals surface area contributed by atoms with E-state index in [1.165, 1.54) is 0 Å². The molecule has 0 spiro atoms. The topological polar surface area (TPSA) is 37.3 Å². The summed E-state index contributed by atoms with van der Waals surface area (Å²) >= 11 is 0. The lowest BCUT2D eigenvalue weighted by Crippen LogP contribution is -2.22. The molecule has 0 radical (unpaired) electrons. The van der Waals surface area contributed by atoms with Crippen molar-refractivity contribution in [3.63, 3.8) is 0 Å². The number of hydrogen-bond acceptors (Lipinski definition) is 2. The molecule has 0 bridgehead atoms. The van der Waals surface area contributed by atoms with Crippen LogP contribution in [-0.2, 0) is 4.79 Å². The number of Topliss-reactive ketones (excluding diaryl/α,β-unsaturated/α-hetero) is 1. The molecule has 1 N–H and O–H groups in total. The minimum Gasteiger partial charge on any atom is -0.385 e. The Bertz CT molecular complexity index is 139. The van der Waals surface area contributed by atoms with E-state index in [2.05, 4.69) is 13.8 Å². The molecule has 1 unspecified atom stereocenters. The lowest BCUT2D eigenvalue weighted by atomic mass is 9.94. The van der Waals surface area contributed by atoms with Crippen LogP contribution in [0.4, 0.5) is 0 Å². The maximum atomic E-state index is 11.4. The van der Waals surface area contributed by atoms with Crippen molar-refractivity contribution in [2.45, 2.75) is 59.0 Å². The number of aliphatic hydroxyl groups is 1. The minimum atomic E-state index is -0.717. The van der Waals surface area contributed by atoms with Gasteiger partial charge in [0.1, 0.15) is 6.10 Å². The summed E-state index contributed by atoms with van der Waals surface area (Å²) in [4.78, 5) is 11.4. The molecule has 0 aliphatic heterocycles. The Balaban J connectivity index is 3.83. The van der Waals surface area contributed by atoms with E-state index in [1.807, 2.05) is 6.92 Å². The fourth-order valence-electron chi connectivity index (χ4n) is 1.43. The van der Waals surface area contributed by atoms with Crippen molar-refractivity contribution < 1.29 is 9.90 Å². The highest BCUT2D eigenvalue weighted by Gasteiger charge is 2.17. The van der Waals surface area contributed by atoms with Crippen LogP contribution in [0.3, 0.4) is 0 Å². The summed E-state index contributed by atoms with van der Waals surface area (Å²) in [5, 5.41) is 9.41. The van der Waals surface area contributed by atoms with E-state index < -0.39 is 6.10 Å². The quantitative estimate of drug-likeness (QED) is 0.663. The second-order valence-electron chi connectivity index (χ2n) is 3.66. The third-order valence-electron chi connectivity index (χ3n) is 2.58. The molecule has 0 saturated heterocycles. The third kappa shape index (κ3) is 5.04. The monoisotopic (exact) mass is 186 g/mol. The molecule has 78 valence electrons. The molecule has 0 aromatic carbocycles. The van der Waals surface area contributed by atoms with Gasteiger partial charge in [0, 0.05) is 6.42 Å². The molecule has 0 rings (SSSR count). The highest BCUT2D eigenvalue weighted by Crippen LogP contribution is 2.15. The van der Waals surface area contributed by atoms with Gasteiger partial charge in [0.05, 0.1) is 0 Å². The predicted molar refractivity (Wildman–Crippen MR) is 54.6 cm³/mol. The fraction of sp³-hybridized carbons (Fsp3) is 0.909. The Kier molecular flexibility index (Phi) is 6.87. The summed E-state index contributed by atoms with van der Waals surface area (Å²) in [6.07, 6.45) is 3.37. The largest absolute Gasteiger partial charge is 0.385 e. The molecule has 0 aliphatic carbocycles. The van der Waals surface area contributed by atoms with E-state index in [4.69, 9.17) is 0 Å². The van der Waals surface area contributed by atoms with E-state index in [-0.39, 0.29) is 5.78 Å². The Morgan fingerprint density at radius 1 is 1.23 bits per heavy atom. The van der Waals surface area contributed by atoms with E-state index in [9.17, 15) is 9.90 Å². The SMILES string of the molecule is CCCC(O)C(=O)CC(CC)CC. The Morgan fingerprint density at radius 2 is 1.77 bits per heavy atom. The molecule has 0 aromatic heterocycles. The summed E-state index contributed by atoms with van der Waals surface area (Å²) in [5.74, 6) is 0.481. The number of aliphatic hydroxyl groups excluding tert-OH is 1. The average molecular weight is 186 g/mol. The van der Waals surface area contributed by atoms with Crippen molar-refractivity contribution in [2.24, 2.45) is 5.92 Å². The van der Waals surface area contributed by atoms with Crippen molar-refractivity contribution in [3.8, 4) is 0 Å². The van der Waals surface area contributed by atoms with Gasteiger partial charge in [-0.3, -0.25) is 4.79 Å². The second kappa shape index (κ2) is 7.07. The molecule has 13 heavy (non-hydrogen) atoms. The first-order valence-electron chi connectivity index (χ1n) is 5.36. The first-order valence-corrected chi connectivity index (χ1v) is 5.36. The van der Waals surface area contributed by atoms with Crippen molar-refractivity contribution in [1.29, 1.82) is 0 Å². The number of hydrogen-bond donors (Lipinski definition) is 1. The smallest absolute Gasteiger partial charge is 0.161 e. The van der Waals surface area contributed by atoms with Gasteiger partial charge in [-0.2, -0.15) is 0 Å². The fourth-order valence-corrected chi connectivity index (χ4v) is 1.43. The summed E-state index contributed by atoms with van der Waals surface area (Å²) in [6, 6.07) is 0. The second-order valence-corrected chi connectivity index (χ2v) is 3.66. The first kappa shape index (κ1) is 12.6. The highest BCUT2D eigenvalue weighted by atomic mass is 16.3. The van der Waals surface area contributed by atoms with E-state index in [1.54, 1.807) is 0 Å². The number of carbonyl (C=O) groups excluding carboxylic acids is 1. The summed E-state index contributed by atoms with van der Waals surface area (Å²) in [5.41, 5.74) is 0. The van der Waals surface area contributed by atoms with Crippen molar-refractivity contribution in [3.05, 3.63) is 0 Å². The van der Waals surface area contributed by atoms with Gasteiger partial charge in [0.15, 0.2) is 5.78 Å². The van der Waals surface area contributed by atoms with Crippen molar-refractivity contribution in [2.75, 3.05) is 0 Å². The molecule has 2 heteroatoms. The first-order chi connectivity index (χ1) is 6.15. The molecule has 0 amide bonds. The van der Waals surface area contributed by atoms with Gasteiger partial charge in [-0.1, -0.05) is 40.0 Å². The molecule has 0 aliphatic rings. The van der Waals surface area contributed by atoms with Gasteiger partial charge < -0.3 is 5.11 Å². The van der Waals surface area contributed by atoms with Crippen LogP contribution >= 0.6 is 0 Å². The Hall–Kier alpha value is -0.370.